The monoisotopic (exact) mass is 513 g/mol. The topological polar surface area (TPSA) is 86.8 Å². The van der Waals surface area contributed by atoms with Crippen LogP contribution in [0.2, 0.25) is 0 Å². The maximum atomic E-state index is 13.3. The molecule has 1 N–H and O–H groups in total. The first kappa shape index (κ1) is 24.8. The Kier molecular flexibility index (Phi) is 8.58. The van der Waals surface area contributed by atoms with Crippen molar-refractivity contribution in [2.45, 2.75) is 25.9 Å². The van der Waals surface area contributed by atoms with Gasteiger partial charge in [0.05, 0.1) is 11.9 Å². The van der Waals surface area contributed by atoms with Crippen LogP contribution in [0.5, 0.6) is 0 Å². The molecule has 10 heteroatoms. The molecule has 0 saturated heterocycles. The highest BCUT2D eigenvalue weighted by molar-refractivity contribution is 9.10. The first-order chi connectivity index (χ1) is 14.6. The Hall–Kier alpha value is -2.46. The summed E-state index contributed by atoms with van der Waals surface area (Å²) in [5.74, 6) is -1.34. The molecule has 31 heavy (non-hydrogen) atoms. The standard InChI is InChI=1S/C21H25BrFN3O4S/c1-4-18(21(28)24-2)25(13-15-9-11-16(23)12-10-15)20(27)14-26(31(3,29)30)19-8-6-5-7-17(19)22/h5-12,18H,4,13-14H2,1-3H3,(H,24,28)/t18-/m0/s1. The fourth-order valence-corrected chi connectivity index (χ4v) is 4.60. The highest BCUT2D eigenvalue weighted by Gasteiger charge is 2.31. The van der Waals surface area contributed by atoms with E-state index in [4.69, 9.17) is 0 Å². The second-order valence-electron chi connectivity index (χ2n) is 6.91. The number of sulfonamides is 1. The molecule has 0 aliphatic rings. The Balaban J connectivity index is 2.43. The van der Waals surface area contributed by atoms with Crippen LogP contribution in [-0.4, -0.2) is 51.0 Å². The molecule has 0 heterocycles. The van der Waals surface area contributed by atoms with Gasteiger partial charge in [-0.2, -0.15) is 0 Å². The summed E-state index contributed by atoms with van der Waals surface area (Å²) in [6, 6.07) is 11.4. The molecule has 2 aromatic carbocycles. The van der Waals surface area contributed by atoms with Gasteiger partial charge in [-0.25, -0.2) is 12.8 Å². The molecule has 0 aliphatic carbocycles. The second kappa shape index (κ2) is 10.7. The van der Waals surface area contributed by atoms with Crippen LogP contribution < -0.4 is 9.62 Å². The number of carbonyl (C=O) groups is 2. The van der Waals surface area contributed by atoms with Crippen molar-refractivity contribution in [1.29, 1.82) is 0 Å². The summed E-state index contributed by atoms with van der Waals surface area (Å²) >= 11 is 3.32. The predicted octanol–water partition coefficient (Wildman–Crippen LogP) is 2.91. The molecular formula is C21H25BrFN3O4S. The fraction of sp³-hybridized carbons (Fsp3) is 0.333. The van der Waals surface area contributed by atoms with Crippen molar-refractivity contribution in [3.8, 4) is 0 Å². The molecular weight excluding hydrogens is 489 g/mol. The van der Waals surface area contributed by atoms with Gasteiger partial charge in [0.25, 0.3) is 0 Å². The van der Waals surface area contributed by atoms with Crippen LogP contribution in [0.3, 0.4) is 0 Å². The average molecular weight is 514 g/mol. The van der Waals surface area contributed by atoms with Gasteiger partial charge in [-0.1, -0.05) is 31.2 Å². The minimum atomic E-state index is -3.80. The molecule has 1 atom stereocenters. The summed E-state index contributed by atoms with van der Waals surface area (Å²) in [6.07, 6.45) is 1.33. The van der Waals surface area contributed by atoms with E-state index in [0.717, 1.165) is 10.6 Å². The van der Waals surface area contributed by atoms with Gasteiger partial charge in [0.15, 0.2) is 0 Å². The lowest BCUT2D eigenvalue weighted by molar-refractivity contribution is -0.140. The highest BCUT2D eigenvalue weighted by atomic mass is 79.9. The van der Waals surface area contributed by atoms with E-state index in [1.807, 2.05) is 0 Å². The molecule has 0 fully saturated rings. The number of rotatable bonds is 9. The zero-order chi connectivity index (χ0) is 23.2. The third kappa shape index (κ3) is 6.51. The summed E-state index contributed by atoms with van der Waals surface area (Å²) in [5.41, 5.74) is 0.928. The van der Waals surface area contributed by atoms with E-state index < -0.39 is 34.3 Å². The number of nitrogens with one attached hydrogen (secondary N) is 1. The van der Waals surface area contributed by atoms with E-state index >= 15 is 0 Å². The molecule has 7 nitrogen and oxygen atoms in total. The minimum absolute atomic E-state index is 0.0264. The van der Waals surface area contributed by atoms with Crippen molar-refractivity contribution in [2.24, 2.45) is 0 Å². The normalized spacial score (nSPS) is 12.2. The lowest BCUT2D eigenvalue weighted by Gasteiger charge is -2.32. The number of hydrogen-bond donors (Lipinski definition) is 1. The highest BCUT2D eigenvalue weighted by Crippen LogP contribution is 2.28. The van der Waals surface area contributed by atoms with Crippen LogP contribution in [-0.2, 0) is 26.2 Å². The quantitative estimate of drug-likeness (QED) is 0.558. The molecule has 168 valence electrons. The fourth-order valence-electron chi connectivity index (χ4n) is 3.12. The van der Waals surface area contributed by atoms with E-state index in [-0.39, 0.29) is 12.5 Å². The zero-order valence-corrected chi connectivity index (χ0v) is 19.9. The van der Waals surface area contributed by atoms with Gasteiger partial charge in [0, 0.05) is 18.1 Å². The maximum Gasteiger partial charge on any atom is 0.244 e. The van der Waals surface area contributed by atoms with Gasteiger partial charge < -0.3 is 10.2 Å². The Morgan fingerprint density at radius 3 is 2.26 bits per heavy atom. The Labute approximate surface area is 190 Å². The molecule has 0 radical (unpaired) electrons. The van der Waals surface area contributed by atoms with Crippen LogP contribution >= 0.6 is 15.9 Å². The summed E-state index contributed by atoms with van der Waals surface area (Å²) in [6.45, 7) is 1.29. The molecule has 0 saturated carbocycles. The number of carbonyl (C=O) groups excluding carboxylic acids is 2. The first-order valence-electron chi connectivity index (χ1n) is 9.56. The van der Waals surface area contributed by atoms with E-state index in [9.17, 15) is 22.4 Å². The number of anilines is 1. The molecule has 2 rings (SSSR count). The summed E-state index contributed by atoms with van der Waals surface area (Å²) < 4.78 is 39.8. The minimum Gasteiger partial charge on any atom is -0.357 e. The molecule has 0 aliphatic heterocycles. The van der Waals surface area contributed by atoms with E-state index in [2.05, 4.69) is 21.2 Å². The van der Waals surface area contributed by atoms with E-state index in [0.29, 0.717) is 22.1 Å². The first-order valence-corrected chi connectivity index (χ1v) is 12.2. The summed E-state index contributed by atoms with van der Waals surface area (Å²) in [4.78, 5) is 27.1. The van der Waals surface area contributed by atoms with Crippen molar-refractivity contribution in [3.05, 3.63) is 64.4 Å². The largest absolute Gasteiger partial charge is 0.357 e. The Morgan fingerprint density at radius 1 is 1.13 bits per heavy atom. The molecule has 0 unspecified atom stereocenters. The van der Waals surface area contributed by atoms with Crippen molar-refractivity contribution < 1.29 is 22.4 Å². The van der Waals surface area contributed by atoms with Crippen molar-refractivity contribution in [1.82, 2.24) is 10.2 Å². The number of para-hydroxylation sites is 1. The van der Waals surface area contributed by atoms with Gasteiger partial charge in [-0.3, -0.25) is 13.9 Å². The predicted molar refractivity (Wildman–Crippen MR) is 121 cm³/mol. The Morgan fingerprint density at radius 2 is 1.74 bits per heavy atom. The number of nitrogens with zero attached hydrogens (tertiary/aromatic N) is 2. The molecule has 2 amide bonds. The molecule has 0 aromatic heterocycles. The number of benzene rings is 2. The Bertz CT molecular complexity index is 1030. The van der Waals surface area contributed by atoms with Gasteiger partial charge in [0.1, 0.15) is 18.4 Å². The third-order valence-corrected chi connectivity index (χ3v) is 6.50. The van der Waals surface area contributed by atoms with Crippen molar-refractivity contribution in [2.75, 3.05) is 24.2 Å². The lowest BCUT2D eigenvalue weighted by atomic mass is 10.1. The summed E-state index contributed by atoms with van der Waals surface area (Å²) in [7, 11) is -2.33. The number of hydrogen-bond acceptors (Lipinski definition) is 4. The van der Waals surface area contributed by atoms with Crippen molar-refractivity contribution in [3.63, 3.8) is 0 Å². The smallest absolute Gasteiger partial charge is 0.244 e. The second-order valence-corrected chi connectivity index (χ2v) is 9.67. The third-order valence-electron chi connectivity index (χ3n) is 4.70. The lowest BCUT2D eigenvalue weighted by Crippen LogP contribution is -2.51. The average Bonchev–Trinajstić information content (AvgIpc) is 2.72. The van der Waals surface area contributed by atoms with E-state index in [1.54, 1.807) is 31.2 Å². The molecule has 0 spiro atoms. The number of halogens is 2. The number of likely N-dealkylation sites (N-methyl/N-ethyl adjacent to an activating group) is 1. The van der Waals surface area contributed by atoms with Gasteiger partial charge in [-0.15, -0.1) is 0 Å². The summed E-state index contributed by atoms with van der Waals surface area (Å²) in [5, 5.41) is 2.54. The molecule has 0 bridgehead atoms. The molecule has 2 aromatic rings. The maximum absolute atomic E-state index is 13.3. The zero-order valence-electron chi connectivity index (χ0n) is 17.5. The van der Waals surface area contributed by atoms with Crippen LogP contribution in [0.4, 0.5) is 10.1 Å². The van der Waals surface area contributed by atoms with Crippen LogP contribution in [0.1, 0.15) is 18.9 Å². The SMILES string of the molecule is CC[C@@H](C(=O)NC)N(Cc1ccc(F)cc1)C(=O)CN(c1ccccc1Br)S(C)(=O)=O. The van der Waals surface area contributed by atoms with Gasteiger partial charge in [0.2, 0.25) is 21.8 Å². The number of amides is 2. The van der Waals surface area contributed by atoms with Gasteiger partial charge >= 0.3 is 0 Å². The van der Waals surface area contributed by atoms with Crippen LogP contribution in [0.25, 0.3) is 0 Å². The van der Waals surface area contributed by atoms with Crippen LogP contribution in [0.15, 0.2) is 53.0 Å². The van der Waals surface area contributed by atoms with Crippen LogP contribution in [0, 0.1) is 5.82 Å². The van der Waals surface area contributed by atoms with Gasteiger partial charge in [-0.05, 0) is 52.2 Å². The van der Waals surface area contributed by atoms with E-state index in [1.165, 1.54) is 36.2 Å². The van der Waals surface area contributed by atoms with Crippen molar-refractivity contribution >= 4 is 43.5 Å².